The zero-order valence-electron chi connectivity index (χ0n) is 25.1. The van der Waals surface area contributed by atoms with Crippen LogP contribution in [0.5, 0.6) is 11.8 Å². The van der Waals surface area contributed by atoms with Crippen molar-refractivity contribution >= 4 is 44.9 Å². The van der Waals surface area contributed by atoms with Gasteiger partial charge < -0.3 is 25.0 Å². The molecule has 9 rings (SSSR count). The summed E-state index contributed by atoms with van der Waals surface area (Å²) in [5.41, 5.74) is 1.91. The molecule has 0 spiro atoms. The zero-order chi connectivity index (χ0) is 29.6. The maximum Gasteiger partial charge on any atom is 0.318 e. The molecule has 232 valence electrons. The van der Waals surface area contributed by atoms with E-state index in [2.05, 4.69) is 54.7 Å². The van der Waals surface area contributed by atoms with Crippen LogP contribution < -0.4 is 19.9 Å². The number of hydrogen-bond acceptors (Lipinski definition) is 8. The van der Waals surface area contributed by atoms with Crippen molar-refractivity contribution in [1.29, 1.82) is 0 Å². The highest BCUT2D eigenvalue weighted by Crippen LogP contribution is 2.55. The van der Waals surface area contributed by atoms with E-state index in [1.165, 1.54) is 18.4 Å². The molecule has 2 aromatic carbocycles. The van der Waals surface area contributed by atoms with Crippen LogP contribution in [0.25, 0.3) is 10.8 Å². The molecule has 0 radical (unpaired) electrons. The summed E-state index contributed by atoms with van der Waals surface area (Å²) in [5.74, 6) is 1.29. The number of aromatic nitrogens is 2. The van der Waals surface area contributed by atoms with Crippen LogP contribution in [0.4, 0.5) is 15.9 Å². The Morgan fingerprint density at radius 2 is 1.91 bits per heavy atom. The van der Waals surface area contributed by atoms with Gasteiger partial charge in [-0.05, 0) is 98.0 Å². The van der Waals surface area contributed by atoms with Crippen LogP contribution in [0.2, 0.25) is 0 Å². The number of nitrogens with one attached hydrogen (secondary N) is 1. The molecule has 6 aliphatic rings. The number of alkyl halides is 1. The number of phenols is 1. The monoisotopic (exact) mass is 710 g/mol. The first kappa shape index (κ1) is 27.8. The summed E-state index contributed by atoms with van der Waals surface area (Å²) in [7, 11) is 0. The van der Waals surface area contributed by atoms with E-state index in [1.807, 2.05) is 18.2 Å². The molecule has 1 aliphatic carbocycles. The Kier molecular flexibility index (Phi) is 6.51. The van der Waals surface area contributed by atoms with Crippen LogP contribution in [-0.4, -0.2) is 82.1 Å². The van der Waals surface area contributed by atoms with Crippen molar-refractivity contribution in [3.63, 3.8) is 0 Å². The lowest BCUT2D eigenvalue weighted by molar-refractivity contribution is 0.0808. The van der Waals surface area contributed by atoms with Crippen molar-refractivity contribution in [2.45, 2.75) is 93.7 Å². The molecule has 2 unspecified atom stereocenters. The minimum Gasteiger partial charge on any atom is -0.508 e. The molecule has 4 saturated heterocycles. The lowest BCUT2D eigenvalue weighted by Crippen LogP contribution is -2.52. The quantitative estimate of drug-likeness (QED) is 0.345. The highest BCUT2D eigenvalue weighted by Gasteiger charge is 2.63. The van der Waals surface area contributed by atoms with Crippen LogP contribution in [0, 0.1) is 3.57 Å². The highest BCUT2D eigenvalue weighted by atomic mass is 127. The number of piperazine rings is 1. The molecule has 2 N–H and O–H groups in total. The number of hydrogen-bond donors (Lipinski definition) is 2. The predicted octanol–water partition coefficient (Wildman–Crippen LogP) is 5.32. The average molecular weight is 711 g/mol. The number of nitrogens with zero attached hydrogens (tertiary/aromatic N) is 5. The van der Waals surface area contributed by atoms with Gasteiger partial charge in [-0.3, -0.25) is 4.90 Å². The molecular formula is C34H40FIN6O2. The normalized spacial score (nSPS) is 32.7. The number of phenolic OH excluding ortho intramolecular Hbond substituents is 1. The van der Waals surface area contributed by atoms with E-state index >= 15 is 4.39 Å². The van der Waals surface area contributed by atoms with Crippen LogP contribution >= 0.6 is 22.6 Å². The zero-order valence-corrected chi connectivity index (χ0v) is 27.2. The van der Waals surface area contributed by atoms with Crippen LogP contribution in [0.3, 0.4) is 0 Å². The number of anilines is 2. The van der Waals surface area contributed by atoms with Gasteiger partial charge in [0.25, 0.3) is 0 Å². The van der Waals surface area contributed by atoms with E-state index in [4.69, 9.17) is 14.7 Å². The lowest BCUT2D eigenvalue weighted by atomic mass is 9.88. The maximum absolute atomic E-state index is 16.0. The van der Waals surface area contributed by atoms with Gasteiger partial charge >= 0.3 is 6.01 Å². The largest absolute Gasteiger partial charge is 0.508 e. The van der Waals surface area contributed by atoms with Gasteiger partial charge in [-0.15, -0.1) is 0 Å². The molecule has 3 aromatic rings. The van der Waals surface area contributed by atoms with Crippen molar-refractivity contribution in [2.24, 2.45) is 0 Å². The molecule has 6 heterocycles. The SMILES string of the molecule is Oc1cc(N2CCc3c(nc(OC[C@]45CCCN4[C@H]4CCC[C@@]4(F)C5)nc3N3CC4CCC(C3)N4)C2)c2c(I)cccc2c1. The second kappa shape index (κ2) is 10.3. The summed E-state index contributed by atoms with van der Waals surface area (Å²) in [6.45, 7) is 4.75. The van der Waals surface area contributed by atoms with Gasteiger partial charge in [0.05, 0.1) is 17.8 Å². The van der Waals surface area contributed by atoms with Crippen molar-refractivity contribution in [3.8, 4) is 11.8 Å². The van der Waals surface area contributed by atoms with Crippen molar-refractivity contribution in [2.75, 3.05) is 42.6 Å². The topological polar surface area (TPSA) is 77.0 Å². The van der Waals surface area contributed by atoms with Crippen LogP contribution in [0.1, 0.15) is 62.6 Å². The third kappa shape index (κ3) is 4.40. The Labute approximate surface area is 271 Å². The summed E-state index contributed by atoms with van der Waals surface area (Å²) < 4.78 is 23.8. The molecule has 1 saturated carbocycles. The van der Waals surface area contributed by atoms with Crippen molar-refractivity contribution < 1.29 is 14.2 Å². The molecule has 10 heteroatoms. The number of aromatic hydroxyl groups is 1. The fraction of sp³-hybridized carbons (Fsp3) is 0.588. The number of ether oxygens (including phenoxy) is 1. The molecule has 1 aromatic heterocycles. The Morgan fingerprint density at radius 3 is 2.77 bits per heavy atom. The summed E-state index contributed by atoms with van der Waals surface area (Å²) >= 11 is 2.40. The second-order valence-electron chi connectivity index (χ2n) is 14.2. The molecule has 8 nitrogen and oxygen atoms in total. The van der Waals surface area contributed by atoms with E-state index in [-0.39, 0.29) is 17.3 Å². The number of benzene rings is 2. The van der Waals surface area contributed by atoms with Gasteiger partial charge in [0, 0.05) is 70.5 Å². The highest BCUT2D eigenvalue weighted by molar-refractivity contribution is 14.1. The van der Waals surface area contributed by atoms with Gasteiger partial charge in [0.2, 0.25) is 0 Å². The molecule has 2 bridgehead atoms. The third-order valence-corrected chi connectivity index (χ3v) is 12.5. The number of halogens is 2. The minimum absolute atomic E-state index is 0.0402. The van der Waals surface area contributed by atoms with Crippen LogP contribution in [0.15, 0.2) is 30.3 Å². The molecule has 5 atom stereocenters. The Morgan fingerprint density at radius 1 is 1.05 bits per heavy atom. The van der Waals surface area contributed by atoms with Gasteiger partial charge in [0.1, 0.15) is 23.8 Å². The number of fused-ring (bicyclic) bond motifs is 7. The molecule has 44 heavy (non-hydrogen) atoms. The van der Waals surface area contributed by atoms with Gasteiger partial charge in [-0.2, -0.15) is 9.97 Å². The van der Waals surface area contributed by atoms with Crippen molar-refractivity contribution in [1.82, 2.24) is 20.2 Å². The molecule has 5 fully saturated rings. The van der Waals surface area contributed by atoms with Gasteiger partial charge in [-0.25, -0.2) is 4.39 Å². The molecule has 5 aliphatic heterocycles. The third-order valence-electron chi connectivity index (χ3n) is 11.6. The maximum atomic E-state index is 16.0. The van der Waals surface area contributed by atoms with E-state index in [0.29, 0.717) is 44.1 Å². The van der Waals surface area contributed by atoms with Gasteiger partial charge in [0.15, 0.2) is 0 Å². The average Bonchev–Trinajstić information content (AvgIpc) is 3.73. The van der Waals surface area contributed by atoms with Gasteiger partial charge in [-0.1, -0.05) is 12.1 Å². The van der Waals surface area contributed by atoms with E-state index in [0.717, 1.165) is 89.8 Å². The smallest absolute Gasteiger partial charge is 0.318 e. The van der Waals surface area contributed by atoms with Crippen molar-refractivity contribution in [3.05, 3.63) is 45.2 Å². The lowest BCUT2D eigenvalue weighted by Gasteiger charge is -2.38. The first-order valence-corrected chi connectivity index (χ1v) is 17.6. The summed E-state index contributed by atoms with van der Waals surface area (Å²) in [6.07, 6.45) is 8.52. The van der Waals surface area contributed by atoms with E-state index < -0.39 is 5.67 Å². The summed E-state index contributed by atoms with van der Waals surface area (Å²) in [5, 5.41) is 16.6. The Balaban J connectivity index is 1.07. The fourth-order valence-corrected chi connectivity index (χ4v) is 10.5. The first-order chi connectivity index (χ1) is 21.4. The minimum atomic E-state index is -1.08. The first-order valence-electron chi connectivity index (χ1n) is 16.5. The number of rotatable bonds is 5. The second-order valence-corrected chi connectivity index (χ2v) is 15.4. The molecule has 0 amide bonds. The summed E-state index contributed by atoms with van der Waals surface area (Å²) in [6, 6.07) is 11.4. The predicted molar refractivity (Wildman–Crippen MR) is 178 cm³/mol. The Hall–Kier alpha value is -2.44. The van der Waals surface area contributed by atoms with Crippen LogP contribution in [-0.2, 0) is 13.0 Å². The Bertz CT molecular complexity index is 1630. The molecular weight excluding hydrogens is 670 g/mol. The summed E-state index contributed by atoms with van der Waals surface area (Å²) in [4.78, 5) is 17.5. The van der Waals surface area contributed by atoms with E-state index in [1.54, 1.807) is 0 Å². The standard InChI is InChI=1S/C34H40FIN6O2/c35-34-11-2-6-29(34)42-12-3-10-33(42,19-34)20-44-32-38-27-18-40(28-15-24(43)14-21-4-1-5-26(36)30(21)28)13-9-25(27)31(39-32)41-16-22-7-8-23(17-41)37-22/h1,4-5,14-15,22-23,29,37,43H,2-3,6-13,16-20H2/t22?,23?,29-,33+,34+/m0/s1. The van der Waals surface area contributed by atoms with E-state index in [9.17, 15) is 5.11 Å². The fourth-order valence-electron chi connectivity index (χ4n) is 9.73.